The van der Waals surface area contributed by atoms with E-state index in [2.05, 4.69) is 63.8 Å². The lowest BCUT2D eigenvalue weighted by Gasteiger charge is -2.24. The SMILES string of the molecule is Cc1ccc2c(c1)NC(=O)NCc1c(C)c3c(C)c(c1C)CNC(=O)Nc1cc(C)ccc1NC(=O)NCc1cc(cc(c1)CNC(=O)Nc1ccc(C)cc1NC(=O)NC3)CNC(=O)N2. The molecule has 0 saturated heterocycles. The van der Waals surface area contributed by atoms with Crippen molar-refractivity contribution < 1.29 is 28.8 Å². The number of carbonyl (C=O) groups excluding carboxylic acids is 6. The Morgan fingerprint density at radius 1 is 0.288 bits per heavy atom. The minimum Gasteiger partial charge on any atom is -0.334 e. The third-order valence-electron chi connectivity index (χ3n) is 11.5. The van der Waals surface area contributed by atoms with E-state index in [1.54, 1.807) is 36.4 Å². The zero-order valence-corrected chi connectivity index (χ0v) is 37.6. The Hall–Kier alpha value is -8.28. The smallest absolute Gasteiger partial charge is 0.319 e. The average Bonchev–Trinajstić information content (AvgIpc) is 3.26. The number of nitrogens with one attached hydrogen (secondary N) is 12. The van der Waals surface area contributed by atoms with Gasteiger partial charge < -0.3 is 63.8 Å². The fraction of sp³-hybridized carbons (Fsp3) is 0.250. The van der Waals surface area contributed by atoms with Crippen LogP contribution in [0.15, 0.2) is 72.8 Å². The summed E-state index contributed by atoms with van der Waals surface area (Å²) >= 11 is 0. The van der Waals surface area contributed by atoms with E-state index in [9.17, 15) is 28.8 Å². The predicted octanol–water partition coefficient (Wildman–Crippen LogP) is 8.09. The molecule has 342 valence electrons. The molecule has 12 amide bonds. The van der Waals surface area contributed by atoms with Gasteiger partial charge in [-0.15, -0.1) is 0 Å². The zero-order chi connectivity index (χ0) is 47.1. The lowest BCUT2D eigenvalue weighted by molar-refractivity contribution is 0.250. The number of hydrogen-bond donors (Lipinski definition) is 12. The number of benzene rings is 5. The van der Waals surface area contributed by atoms with Crippen LogP contribution in [0.25, 0.3) is 0 Å². The Morgan fingerprint density at radius 2 is 0.515 bits per heavy atom. The second kappa shape index (κ2) is 20.0. The van der Waals surface area contributed by atoms with Crippen molar-refractivity contribution in [2.75, 3.05) is 31.9 Å². The normalized spacial score (nSPS) is 15.2. The molecule has 3 aliphatic rings. The molecule has 5 aromatic carbocycles. The van der Waals surface area contributed by atoms with Crippen LogP contribution in [0.5, 0.6) is 0 Å². The predicted molar refractivity (Wildman–Crippen MR) is 256 cm³/mol. The van der Waals surface area contributed by atoms with Gasteiger partial charge in [0.25, 0.3) is 0 Å². The van der Waals surface area contributed by atoms with Crippen LogP contribution in [-0.2, 0) is 39.3 Å². The highest BCUT2D eigenvalue weighted by molar-refractivity contribution is 6.01. The van der Waals surface area contributed by atoms with E-state index in [1.807, 2.05) is 77.9 Å². The van der Waals surface area contributed by atoms with E-state index >= 15 is 0 Å². The largest absolute Gasteiger partial charge is 0.334 e. The molecular weight excluding hydrogens is 841 g/mol. The molecule has 0 unspecified atom stereocenters. The van der Waals surface area contributed by atoms with Crippen molar-refractivity contribution in [1.82, 2.24) is 31.9 Å². The van der Waals surface area contributed by atoms with Gasteiger partial charge in [0.1, 0.15) is 0 Å². The van der Waals surface area contributed by atoms with Gasteiger partial charge in [0.2, 0.25) is 0 Å². The molecule has 0 atom stereocenters. The molecule has 18 heteroatoms. The van der Waals surface area contributed by atoms with Crippen LogP contribution in [-0.4, -0.2) is 36.2 Å². The molecule has 3 aliphatic heterocycles. The van der Waals surface area contributed by atoms with E-state index in [4.69, 9.17) is 0 Å². The molecule has 0 fully saturated rings. The van der Waals surface area contributed by atoms with Crippen LogP contribution >= 0.6 is 0 Å². The van der Waals surface area contributed by atoms with Gasteiger partial charge in [-0.1, -0.05) is 36.4 Å². The molecule has 0 spiro atoms. The molecule has 5 aromatic rings. The van der Waals surface area contributed by atoms with Gasteiger partial charge in [-0.3, -0.25) is 0 Å². The fourth-order valence-corrected chi connectivity index (χ4v) is 7.99. The van der Waals surface area contributed by atoms with Crippen LogP contribution in [0.2, 0.25) is 0 Å². The number of amides is 12. The minimum absolute atomic E-state index is 0.0559. The summed E-state index contributed by atoms with van der Waals surface area (Å²) in [6.45, 7) is 11.7. The van der Waals surface area contributed by atoms with Crippen LogP contribution in [0.3, 0.4) is 0 Å². The number of urea groups is 6. The topological polar surface area (TPSA) is 247 Å². The molecule has 0 saturated carbocycles. The molecule has 12 N–H and O–H groups in total. The third-order valence-corrected chi connectivity index (χ3v) is 11.5. The summed E-state index contributed by atoms with van der Waals surface area (Å²) in [6.07, 6.45) is 0. The van der Waals surface area contributed by atoms with Crippen molar-refractivity contribution in [2.24, 2.45) is 0 Å². The van der Waals surface area contributed by atoms with E-state index in [0.29, 0.717) is 50.8 Å². The summed E-state index contributed by atoms with van der Waals surface area (Å²) in [5.74, 6) is 0. The van der Waals surface area contributed by atoms with Crippen molar-refractivity contribution in [2.45, 2.75) is 80.8 Å². The molecule has 8 rings (SSSR count). The molecule has 0 radical (unpaired) electrons. The molecule has 0 aromatic heterocycles. The van der Waals surface area contributed by atoms with E-state index < -0.39 is 36.2 Å². The maximum absolute atomic E-state index is 13.7. The molecule has 3 heterocycles. The van der Waals surface area contributed by atoms with Gasteiger partial charge >= 0.3 is 36.2 Å². The van der Waals surface area contributed by atoms with Crippen molar-refractivity contribution in [3.8, 4) is 0 Å². The maximum Gasteiger partial charge on any atom is 0.319 e. The van der Waals surface area contributed by atoms with Crippen molar-refractivity contribution >= 4 is 70.3 Å². The lowest BCUT2D eigenvalue weighted by Crippen LogP contribution is -2.33. The maximum atomic E-state index is 13.7. The highest BCUT2D eigenvalue weighted by Crippen LogP contribution is 2.30. The summed E-state index contributed by atoms with van der Waals surface area (Å²) in [6, 6.07) is 18.0. The van der Waals surface area contributed by atoms with Crippen LogP contribution in [0.4, 0.5) is 62.9 Å². The summed E-state index contributed by atoms with van der Waals surface area (Å²) in [7, 11) is 0. The van der Waals surface area contributed by atoms with Gasteiger partial charge in [-0.05, 0) is 145 Å². The Labute approximate surface area is 382 Å². The first-order valence-corrected chi connectivity index (χ1v) is 21.4. The van der Waals surface area contributed by atoms with Gasteiger partial charge in [-0.2, -0.15) is 0 Å². The number of carbonyl (C=O) groups is 6. The van der Waals surface area contributed by atoms with Gasteiger partial charge in [0, 0.05) is 39.3 Å². The van der Waals surface area contributed by atoms with Crippen molar-refractivity contribution in [3.63, 3.8) is 0 Å². The number of anilines is 6. The first-order chi connectivity index (χ1) is 31.6. The first-order valence-electron chi connectivity index (χ1n) is 21.4. The third kappa shape index (κ3) is 11.4. The monoisotopic (exact) mass is 894 g/mol. The van der Waals surface area contributed by atoms with E-state index in [0.717, 1.165) is 50.1 Å². The van der Waals surface area contributed by atoms with Crippen molar-refractivity contribution in [3.05, 3.63) is 140 Å². The quantitative estimate of drug-likeness (QED) is 0.0732. The Kier molecular flexibility index (Phi) is 13.9. The second-order valence-corrected chi connectivity index (χ2v) is 16.5. The molecule has 0 aliphatic carbocycles. The van der Waals surface area contributed by atoms with Crippen LogP contribution in [0, 0.1) is 41.5 Å². The molecule has 6 bridgehead atoms. The Morgan fingerprint density at radius 3 is 0.773 bits per heavy atom. The molecular formula is C48H54N12O6. The number of hydrogen-bond acceptors (Lipinski definition) is 6. The first kappa shape index (κ1) is 45.7. The molecule has 66 heavy (non-hydrogen) atoms. The summed E-state index contributed by atoms with van der Waals surface area (Å²) in [5.41, 5.74) is 11.3. The van der Waals surface area contributed by atoms with Crippen molar-refractivity contribution in [1.29, 1.82) is 0 Å². The Bertz CT molecular complexity index is 2440. The summed E-state index contributed by atoms with van der Waals surface area (Å²) < 4.78 is 0. The highest BCUT2D eigenvalue weighted by Gasteiger charge is 2.21. The van der Waals surface area contributed by atoms with Gasteiger partial charge in [0.15, 0.2) is 0 Å². The number of fused-ring (bicyclic) bond motifs is 18. The fourth-order valence-electron chi connectivity index (χ4n) is 7.99. The number of rotatable bonds is 0. The number of aryl methyl sites for hydroxylation is 3. The summed E-state index contributed by atoms with van der Waals surface area (Å²) in [4.78, 5) is 81.3. The molecule has 18 nitrogen and oxygen atoms in total. The second-order valence-electron chi connectivity index (χ2n) is 16.5. The average molecular weight is 895 g/mol. The zero-order valence-electron chi connectivity index (χ0n) is 37.6. The highest BCUT2D eigenvalue weighted by atomic mass is 16.2. The van der Waals surface area contributed by atoms with E-state index in [-0.39, 0.29) is 39.3 Å². The van der Waals surface area contributed by atoms with Gasteiger partial charge in [0.05, 0.1) is 34.1 Å². The van der Waals surface area contributed by atoms with Crippen LogP contribution in [0.1, 0.15) is 66.8 Å². The Balaban J connectivity index is 1.33. The van der Waals surface area contributed by atoms with E-state index in [1.165, 1.54) is 0 Å². The lowest BCUT2D eigenvalue weighted by atomic mass is 9.88. The van der Waals surface area contributed by atoms with Gasteiger partial charge in [-0.25, -0.2) is 28.8 Å². The van der Waals surface area contributed by atoms with Crippen LogP contribution < -0.4 is 63.8 Å². The minimum atomic E-state index is -0.540. The summed E-state index contributed by atoms with van der Waals surface area (Å²) in [5, 5.41) is 34.7. The standard InChI is InChI=1S/C48H54N12O6/c1-25-7-10-37-40(13-25)58-46(64)52-22-34-28(4)35-23-53-47(65)59-41-14-26(2)8-11-38(41)56-44(62)50-20-32-16-31(19-49-43(61)55-37)17-33(18-32)21-51-45(63)57-39-12-9-27(3)15-42(39)60-48(66)54-24-36(29(34)5)30(35)6/h7-18H,19-24H2,1-6H3,(H2,49,55,61)(H2,50,56,62)(H2,51,57,63)(H2,52,58,64)(H2,53,59,65)(H2,54,60,66).